The van der Waals surface area contributed by atoms with Gasteiger partial charge in [-0.2, -0.15) is 0 Å². The number of esters is 1. The minimum Gasteiger partial charge on any atom is -0.466 e. The fraction of sp³-hybridized carbons (Fsp3) is 0.900. The van der Waals surface area contributed by atoms with Crippen molar-refractivity contribution in [2.75, 3.05) is 13.2 Å². The van der Waals surface area contributed by atoms with E-state index in [1.165, 1.54) is 231 Å². The number of allylic oxidation sites excluding steroid dienone is 4. The summed E-state index contributed by atoms with van der Waals surface area (Å²) in [6.45, 7) is 4.94. The predicted octanol–water partition coefficient (Wildman–Crippen LogP) is 18.2. The maximum atomic E-state index is 12.5. The Kier molecular flexibility index (Phi) is 54.5. The van der Waals surface area contributed by atoms with Crippen LogP contribution < -0.4 is 5.32 Å². The number of hydrogen-bond donors (Lipinski definition) is 3. The monoisotopic (exact) mass is 930 g/mol. The Morgan fingerprint density at radius 3 is 1.08 bits per heavy atom. The van der Waals surface area contributed by atoms with E-state index in [9.17, 15) is 19.8 Å². The van der Waals surface area contributed by atoms with Gasteiger partial charge in [-0.1, -0.05) is 256 Å². The highest BCUT2D eigenvalue weighted by Crippen LogP contribution is 2.17. The smallest absolute Gasteiger partial charge is 0.305 e. The first-order valence-electron chi connectivity index (χ1n) is 29.6. The quantitative estimate of drug-likeness (QED) is 0.0321. The number of ether oxygens (including phenoxy) is 1. The largest absolute Gasteiger partial charge is 0.466 e. The van der Waals surface area contributed by atoms with Gasteiger partial charge >= 0.3 is 5.97 Å². The van der Waals surface area contributed by atoms with Crippen LogP contribution in [0.3, 0.4) is 0 Å². The second-order valence-electron chi connectivity index (χ2n) is 20.3. The Balaban J connectivity index is 3.44. The molecule has 0 aliphatic rings. The van der Waals surface area contributed by atoms with Gasteiger partial charge in [-0.05, 0) is 77.0 Å². The van der Waals surface area contributed by atoms with Crippen molar-refractivity contribution in [2.45, 2.75) is 334 Å². The lowest BCUT2D eigenvalue weighted by Gasteiger charge is -2.22. The molecule has 6 nitrogen and oxygen atoms in total. The Morgan fingerprint density at radius 1 is 0.409 bits per heavy atom. The highest BCUT2D eigenvalue weighted by atomic mass is 16.5. The van der Waals surface area contributed by atoms with Crippen molar-refractivity contribution < 1.29 is 24.5 Å². The Morgan fingerprint density at radius 2 is 0.712 bits per heavy atom. The SMILES string of the molecule is CCCCCCCCC/C=C\CCCCCCCC(=O)OCCCCCCCCCCC/C=C\CCCCCCCC(=O)NC(CO)C(O)CCCCCCCCCCCCCCCCC. The van der Waals surface area contributed by atoms with E-state index < -0.39 is 12.1 Å². The molecule has 2 atom stereocenters. The van der Waals surface area contributed by atoms with Crippen molar-refractivity contribution in [3.05, 3.63) is 24.3 Å². The molecule has 0 radical (unpaired) electrons. The van der Waals surface area contributed by atoms with Gasteiger partial charge in [0, 0.05) is 12.8 Å². The molecule has 0 aromatic rings. The van der Waals surface area contributed by atoms with Crippen LogP contribution in [0.2, 0.25) is 0 Å². The van der Waals surface area contributed by atoms with Gasteiger partial charge in [0.05, 0.1) is 25.4 Å². The number of rotatable bonds is 55. The Hall–Kier alpha value is -1.66. The molecule has 6 heteroatoms. The predicted molar refractivity (Wildman–Crippen MR) is 287 cm³/mol. The standard InChI is InChI=1S/C60H115NO5/c1-3-5-7-9-11-13-15-17-19-26-30-34-38-42-46-50-54-60(65)66-55-51-47-43-39-35-31-27-23-21-20-22-25-29-33-37-41-45-49-53-59(64)61-57(56-62)58(63)52-48-44-40-36-32-28-24-18-16-14-12-10-8-6-4-2/h19,22,25-26,57-58,62-63H,3-18,20-21,23-24,27-56H2,1-2H3,(H,61,64)/b25-22-,26-19-. The molecular formula is C60H115NO5. The molecule has 0 saturated heterocycles. The summed E-state index contributed by atoms with van der Waals surface area (Å²) in [7, 11) is 0. The molecule has 1 amide bonds. The minimum absolute atomic E-state index is 0.00411. The molecule has 66 heavy (non-hydrogen) atoms. The minimum atomic E-state index is -0.673. The fourth-order valence-corrected chi connectivity index (χ4v) is 9.16. The number of carbonyl (C=O) groups is 2. The summed E-state index contributed by atoms with van der Waals surface area (Å²) < 4.78 is 5.48. The van der Waals surface area contributed by atoms with Crippen LogP contribution >= 0.6 is 0 Å². The molecule has 0 fully saturated rings. The number of carbonyl (C=O) groups excluding carboxylic acids is 2. The molecule has 0 saturated carbocycles. The molecule has 0 bridgehead atoms. The number of aliphatic hydroxyl groups is 2. The third-order valence-electron chi connectivity index (χ3n) is 13.7. The van der Waals surface area contributed by atoms with Crippen molar-refractivity contribution >= 4 is 11.9 Å². The third-order valence-corrected chi connectivity index (χ3v) is 13.7. The van der Waals surface area contributed by atoms with Crippen molar-refractivity contribution in [2.24, 2.45) is 0 Å². The molecular weight excluding hydrogens is 815 g/mol. The van der Waals surface area contributed by atoms with Gasteiger partial charge < -0.3 is 20.3 Å². The van der Waals surface area contributed by atoms with Crippen LogP contribution in [0.5, 0.6) is 0 Å². The summed E-state index contributed by atoms with van der Waals surface area (Å²) in [5.41, 5.74) is 0. The number of amides is 1. The van der Waals surface area contributed by atoms with E-state index in [2.05, 4.69) is 43.5 Å². The number of unbranched alkanes of at least 4 members (excludes halogenated alkanes) is 40. The third kappa shape index (κ3) is 51.7. The molecule has 0 aliphatic carbocycles. The lowest BCUT2D eigenvalue weighted by Crippen LogP contribution is -2.45. The van der Waals surface area contributed by atoms with Crippen molar-refractivity contribution in [1.29, 1.82) is 0 Å². The highest BCUT2D eigenvalue weighted by molar-refractivity contribution is 5.76. The second-order valence-corrected chi connectivity index (χ2v) is 20.3. The van der Waals surface area contributed by atoms with Crippen LogP contribution in [-0.2, 0) is 14.3 Å². The van der Waals surface area contributed by atoms with Gasteiger partial charge in [0.2, 0.25) is 5.91 Å². The lowest BCUT2D eigenvalue weighted by atomic mass is 10.0. The van der Waals surface area contributed by atoms with Crippen molar-refractivity contribution in [3.63, 3.8) is 0 Å². The highest BCUT2D eigenvalue weighted by Gasteiger charge is 2.20. The van der Waals surface area contributed by atoms with Crippen LogP contribution in [0.1, 0.15) is 322 Å². The maximum Gasteiger partial charge on any atom is 0.305 e. The summed E-state index contributed by atoms with van der Waals surface area (Å²) in [4.78, 5) is 24.5. The van der Waals surface area contributed by atoms with E-state index in [0.29, 0.717) is 25.9 Å². The molecule has 0 aromatic carbocycles. The summed E-state index contributed by atoms with van der Waals surface area (Å²) in [5, 5.41) is 23.3. The summed E-state index contributed by atoms with van der Waals surface area (Å²) in [6, 6.07) is -0.551. The molecule has 0 aliphatic heterocycles. The normalized spacial score (nSPS) is 12.7. The molecule has 390 valence electrons. The fourth-order valence-electron chi connectivity index (χ4n) is 9.16. The van der Waals surface area contributed by atoms with Gasteiger partial charge in [-0.25, -0.2) is 0 Å². The zero-order valence-electron chi connectivity index (χ0n) is 44.4. The van der Waals surface area contributed by atoms with Gasteiger partial charge in [0.1, 0.15) is 0 Å². The average Bonchev–Trinajstić information content (AvgIpc) is 3.32. The molecule has 2 unspecified atom stereocenters. The first-order chi connectivity index (χ1) is 32.5. The van der Waals surface area contributed by atoms with E-state index in [0.717, 1.165) is 57.8 Å². The Labute approximate surface area is 411 Å². The van der Waals surface area contributed by atoms with Crippen molar-refractivity contribution in [1.82, 2.24) is 5.32 Å². The van der Waals surface area contributed by atoms with Crippen LogP contribution in [0, 0.1) is 0 Å². The second kappa shape index (κ2) is 55.9. The van der Waals surface area contributed by atoms with Crippen LogP contribution in [0.25, 0.3) is 0 Å². The van der Waals surface area contributed by atoms with E-state index >= 15 is 0 Å². The van der Waals surface area contributed by atoms with Crippen molar-refractivity contribution in [3.8, 4) is 0 Å². The zero-order valence-corrected chi connectivity index (χ0v) is 44.4. The molecule has 3 N–H and O–H groups in total. The number of hydrogen-bond acceptors (Lipinski definition) is 5. The molecule has 0 aromatic heterocycles. The summed E-state index contributed by atoms with van der Waals surface area (Å²) >= 11 is 0. The Bertz CT molecular complexity index is 1030. The van der Waals surface area contributed by atoms with Crippen LogP contribution in [0.15, 0.2) is 24.3 Å². The molecule has 0 rings (SSSR count). The van der Waals surface area contributed by atoms with E-state index in [4.69, 9.17) is 4.74 Å². The maximum absolute atomic E-state index is 12.5. The first kappa shape index (κ1) is 64.3. The zero-order chi connectivity index (χ0) is 47.9. The number of nitrogens with one attached hydrogen (secondary N) is 1. The van der Waals surface area contributed by atoms with Crippen LogP contribution in [-0.4, -0.2) is 47.4 Å². The average molecular weight is 931 g/mol. The van der Waals surface area contributed by atoms with Crippen LogP contribution in [0.4, 0.5) is 0 Å². The lowest BCUT2D eigenvalue weighted by molar-refractivity contribution is -0.143. The first-order valence-corrected chi connectivity index (χ1v) is 29.6. The van der Waals surface area contributed by atoms with Gasteiger partial charge in [-0.3, -0.25) is 9.59 Å². The van der Waals surface area contributed by atoms with Gasteiger partial charge in [0.15, 0.2) is 0 Å². The topological polar surface area (TPSA) is 95.9 Å². The van der Waals surface area contributed by atoms with E-state index in [1.54, 1.807) is 0 Å². The number of aliphatic hydroxyl groups excluding tert-OH is 2. The molecule has 0 heterocycles. The molecule has 0 spiro atoms. The van der Waals surface area contributed by atoms with Gasteiger partial charge in [0.25, 0.3) is 0 Å². The van der Waals surface area contributed by atoms with Gasteiger partial charge in [-0.15, -0.1) is 0 Å². The summed E-state index contributed by atoms with van der Waals surface area (Å²) in [6.07, 6.45) is 67.4. The van der Waals surface area contributed by atoms with E-state index in [-0.39, 0.29) is 18.5 Å². The van der Waals surface area contributed by atoms with E-state index in [1.807, 2.05) is 0 Å². The summed E-state index contributed by atoms with van der Waals surface area (Å²) in [5.74, 6) is -0.0522.